The van der Waals surface area contributed by atoms with Crippen LogP contribution in [0.1, 0.15) is 30.5 Å². The van der Waals surface area contributed by atoms with Crippen LogP contribution in [0.4, 0.5) is 0 Å². The first-order valence-corrected chi connectivity index (χ1v) is 13.7. The maximum atomic E-state index is 2.46. The molecule has 0 N–H and O–H groups in total. The van der Waals surface area contributed by atoms with Gasteiger partial charge in [-0.05, 0) is 87.4 Å². The Morgan fingerprint density at radius 3 is 1.91 bits per heavy atom. The van der Waals surface area contributed by atoms with E-state index < -0.39 is 0 Å². The molecule has 0 aliphatic rings. The van der Waals surface area contributed by atoms with Gasteiger partial charge in [-0.25, -0.2) is 0 Å². The topological polar surface area (TPSA) is 0 Å². The van der Waals surface area contributed by atoms with Crippen LogP contribution >= 0.6 is 17.2 Å². The lowest BCUT2D eigenvalue weighted by molar-refractivity contribution is 1.14. The summed E-state index contributed by atoms with van der Waals surface area (Å²) in [6, 6.07) is 31.4. The minimum absolute atomic E-state index is 0.634. The Morgan fingerprint density at radius 1 is 0.625 bits per heavy atom. The highest BCUT2D eigenvalue weighted by atomic mass is 31.1. The minimum atomic E-state index is 0.634. The zero-order chi connectivity index (χ0) is 22.5. The summed E-state index contributed by atoms with van der Waals surface area (Å²) < 4.78 is 0. The number of rotatable bonds is 7. The molecule has 0 nitrogen and oxygen atoms in total. The zero-order valence-corrected chi connectivity index (χ0v) is 21.5. The molecule has 0 fully saturated rings. The second-order valence-electron chi connectivity index (χ2n) is 8.29. The Labute approximate surface area is 197 Å². The van der Waals surface area contributed by atoms with E-state index in [1.807, 2.05) is 0 Å². The van der Waals surface area contributed by atoms with Gasteiger partial charge in [0.1, 0.15) is 0 Å². The highest BCUT2D eigenvalue weighted by molar-refractivity contribution is 7.56. The first-order valence-electron chi connectivity index (χ1n) is 11.5. The summed E-state index contributed by atoms with van der Waals surface area (Å²) in [5, 5.41) is 4.37. The van der Waals surface area contributed by atoms with Gasteiger partial charge in [-0.15, -0.1) is 0 Å². The predicted octanol–water partition coefficient (Wildman–Crippen LogP) is 7.15. The lowest BCUT2D eigenvalue weighted by atomic mass is 9.92. The maximum Gasteiger partial charge on any atom is -0.00676 e. The number of hydrogen-bond acceptors (Lipinski definition) is 0. The Bertz CT molecular complexity index is 1190. The molecule has 2 atom stereocenters. The van der Waals surface area contributed by atoms with Crippen molar-refractivity contribution in [2.75, 3.05) is 6.16 Å². The fourth-order valence-electron chi connectivity index (χ4n) is 4.42. The van der Waals surface area contributed by atoms with Crippen LogP contribution in [0.5, 0.6) is 0 Å². The van der Waals surface area contributed by atoms with Crippen molar-refractivity contribution in [3.05, 3.63) is 102 Å². The number of hydrogen-bond donors (Lipinski definition) is 0. The maximum absolute atomic E-state index is 2.46. The summed E-state index contributed by atoms with van der Waals surface area (Å²) in [7, 11) is 1.48. The fraction of sp³-hybridized carbons (Fsp3) is 0.200. The normalized spacial score (nSPS) is 11.8. The molecular formula is C30H32P2. The van der Waals surface area contributed by atoms with Crippen molar-refractivity contribution in [1.29, 1.82) is 0 Å². The van der Waals surface area contributed by atoms with Crippen LogP contribution in [0.3, 0.4) is 0 Å². The third kappa shape index (κ3) is 5.04. The summed E-state index contributed by atoms with van der Waals surface area (Å²) in [6.45, 7) is 9.16. The van der Waals surface area contributed by atoms with E-state index in [0.29, 0.717) is 8.58 Å². The van der Waals surface area contributed by atoms with Crippen LogP contribution in [0.2, 0.25) is 0 Å². The molecule has 0 aliphatic heterocycles. The average Bonchev–Trinajstić information content (AvgIpc) is 2.81. The molecule has 4 aromatic carbocycles. The van der Waals surface area contributed by atoms with Crippen molar-refractivity contribution in [1.82, 2.24) is 0 Å². The molecule has 0 saturated carbocycles. The van der Waals surface area contributed by atoms with E-state index in [-0.39, 0.29) is 0 Å². The molecule has 0 saturated heterocycles. The van der Waals surface area contributed by atoms with Gasteiger partial charge >= 0.3 is 0 Å². The lowest BCUT2D eigenvalue weighted by Gasteiger charge is -2.21. The van der Waals surface area contributed by atoms with Crippen molar-refractivity contribution < 1.29 is 0 Å². The molecule has 0 spiro atoms. The van der Waals surface area contributed by atoms with Crippen LogP contribution in [-0.2, 0) is 6.42 Å². The first kappa shape index (κ1) is 22.9. The molecule has 4 rings (SSSR count). The number of aryl methyl sites for hydroxylation is 3. The van der Waals surface area contributed by atoms with E-state index in [0.717, 1.165) is 15.0 Å². The summed E-state index contributed by atoms with van der Waals surface area (Å²) in [6.07, 6.45) is 2.28. The van der Waals surface area contributed by atoms with Gasteiger partial charge in [0.25, 0.3) is 0 Å². The SMILES string of the molecule is CCPc1cc(CC)cc(C)c1-c1c(C)cc(-c2ccccc2)cc1Pc1ccccc1. The highest BCUT2D eigenvalue weighted by Gasteiger charge is 2.18. The molecule has 2 heteroatoms. The molecule has 0 bridgehead atoms. The molecule has 0 aliphatic carbocycles. The van der Waals surface area contributed by atoms with E-state index >= 15 is 0 Å². The van der Waals surface area contributed by atoms with E-state index in [2.05, 4.69) is 113 Å². The van der Waals surface area contributed by atoms with E-state index in [9.17, 15) is 0 Å². The van der Waals surface area contributed by atoms with Crippen LogP contribution in [-0.4, -0.2) is 6.16 Å². The average molecular weight is 455 g/mol. The minimum Gasteiger partial charge on any atom is -0.0900 e. The molecule has 32 heavy (non-hydrogen) atoms. The summed E-state index contributed by atoms with van der Waals surface area (Å²) >= 11 is 0. The van der Waals surface area contributed by atoms with Crippen LogP contribution in [0.25, 0.3) is 22.3 Å². The van der Waals surface area contributed by atoms with E-state index in [4.69, 9.17) is 0 Å². The quantitative estimate of drug-likeness (QED) is 0.260. The van der Waals surface area contributed by atoms with Crippen molar-refractivity contribution in [2.45, 2.75) is 34.1 Å². The standard InChI is InChI=1S/C30H32P2/c1-5-23-17-21(3)29(27(19-23)31-6-2)30-22(4)18-25(24-13-9-7-10-14-24)20-28(30)32-26-15-11-8-12-16-26/h7-20,31-32H,5-6H2,1-4H3. The first-order chi connectivity index (χ1) is 15.6. The lowest BCUT2D eigenvalue weighted by Crippen LogP contribution is -2.14. The monoisotopic (exact) mass is 454 g/mol. The molecule has 0 heterocycles. The summed E-state index contributed by atoms with van der Waals surface area (Å²) in [5.41, 5.74) is 9.76. The molecule has 2 unspecified atom stereocenters. The molecule has 0 aromatic heterocycles. The van der Waals surface area contributed by atoms with Crippen molar-refractivity contribution in [3.63, 3.8) is 0 Å². The van der Waals surface area contributed by atoms with Gasteiger partial charge in [0.15, 0.2) is 0 Å². The number of benzene rings is 4. The van der Waals surface area contributed by atoms with Crippen molar-refractivity contribution in [2.24, 2.45) is 0 Å². The van der Waals surface area contributed by atoms with Crippen LogP contribution < -0.4 is 15.9 Å². The third-order valence-corrected chi connectivity index (χ3v) is 8.33. The zero-order valence-electron chi connectivity index (χ0n) is 19.5. The Kier molecular flexibility index (Phi) is 7.57. The molecule has 4 aromatic rings. The Balaban J connectivity index is 1.96. The van der Waals surface area contributed by atoms with Gasteiger partial charge in [0.2, 0.25) is 0 Å². The largest absolute Gasteiger partial charge is 0.0900 e. The van der Waals surface area contributed by atoms with Gasteiger partial charge in [0, 0.05) is 0 Å². The predicted molar refractivity (Wildman–Crippen MR) is 149 cm³/mol. The Morgan fingerprint density at radius 2 is 1.25 bits per heavy atom. The van der Waals surface area contributed by atoms with Gasteiger partial charge < -0.3 is 0 Å². The Hall–Kier alpha value is -2.26. The van der Waals surface area contributed by atoms with E-state index in [1.165, 1.54) is 61.0 Å². The van der Waals surface area contributed by atoms with Gasteiger partial charge in [-0.1, -0.05) is 110 Å². The summed E-state index contributed by atoms with van der Waals surface area (Å²) in [4.78, 5) is 0. The van der Waals surface area contributed by atoms with Gasteiger partial charge in [0.05, 0.1) is 0 Å². The molecule has 0 amide bonds. The second-order valence-corrected chi connectivity index (χ2v) is 11.3. The smallest absolute Gasteiger partial charge is 0.00676 e. The fourth-order valence-corrected chi connectivity index (χ4v) is 6.93. The highest BCUT2D eigenvalue weighted by Crippen LogP contribution is 2.35. The molecular weight excluding hydrogens is 422 g/mol. The third-order valence-electron chi connectivity index (χ3n) is 5.92. The van der Waals surface area contributed by atoms with Crippen molar-refractivity contribution in [3.8, 4) is 22.3 Å². The van der Waals surface area contributed by atoms with Crippen LogP contribution in [0.15, 0.2) is 84.9 Å². The van der Waals surface area contributed by atoms with Gasteiger partial charge in [-0.3, -0.25) is 0 Å². The summed E-state index contributed by atoms with van der Waals surface area (Å²) in [5.74, 6) is 0. The molecule has 162 valence electrons. The van der Waals surface area contributed by atoms with Gasteiger partial charge in [-0.2, -0.15) is 0 Å². The van der Waals surface area contributed by atoms with E-state index in [1.54, 1.807) is 0 Å². The van der Waals surface area contributed by atoms with Crippen molar-refractivity contribution >= 4 is 33.1 Å². The van der Waals surface area contributed by atoms with Crippen LogP contribution in [0, 0.1) is 13.8 Å². The molecule has 0 radical (unpaired) electrons. The second kappa shape index (κ2) is 10.6.